The molecule has 6 heteroatoms. The highest BCUT2D eigenvalue weighted by Gasteiger charge is 2.27. The van der Waals surface area contributed by atoms with Gasteiger partial charge in [0.25, 0.3) is 0 Å². The Morgan fingerprint density at radius 1 is 1.29 bits per heavy atom. The lowest BCUT2D eigenvalue weighted by Crippen LogP contribution is -2.36. The zero-order chi connectivity index (χ0) is 14.7. The van der Waals surface area contributed by atoms with E-state index in [0.29, 0.717) is 18.5 Å². The molecule has 2 rings (SSSR count). The van der Waals surface area contributed by atoms with Crippen molar-refractivity contribution in [1.82, 2.24) is 9.80 Å². The molecule has 1 aromatic carbocycles. The fourth-order valence-electron chi connectivity index (χ4n) is 2.19. The van der Waals surface area contributed by atoms with Crippen LogP contribution in [-0.2, 0) is 0 Å². The lowest BCUT2D eigenvalue weighted by molar-refractivity contribution is 0.305. The first-order valence-corrected chi connectivity index (χ1v) is 6.93. The molecule has 1 fully saturated rings. The van der Waals surface area contributed by atoms with Gasteiger partial charge in [0.2, 0.25) is 0 Å². The number of hydrogen-bond acceptors (Lipinski definition) is 2. The van der Waals surface area contributed by atoms with E-state index in [2.05, 4.69) is 9.89 Å². The molecular formula is C15H24FIN4. The molecule has 0 bridgehead atoms. The Morgan fingerprint density at radius 3 is 2.33 bits per heavy atom. The number of hydrogen-bond donors (Lipinski definition) is 1. The number of nitrogens with zero attached hydrogens (tertiary/aromatic N) is 3. The highest BCUT2D eigenvalue weighted by atomic mass is 127. The van der Waals surface area contributed by atoms with Crippen LogP contribution in [0.3, 0.4) is 0 Å². The van der Waals surface area contributed by atoms with Crippen LogP contribution in [0, 0.1) is 5.82 Å². The maximum atomic E-state index is 13.0. The van der Waals surface area contributed by atoms with Crippen molar-refractivity contribution >= 4 is 29.9 Å². The maximum Gasteiger partial charge on any atom is 0.191 e. The van der Waals surface area contributed by atoms with E-state index in [9.17, 15) is 4.39 Å². The van der Waals surface area contributed by atoms with Gasteiger partial charge >= 0.3 is 0 Å². The van der Waals surface area contributed by atoms with Crippen LogP contribution in [0.4, 0.5) is 4.39 Å². The summed E-state index contributed by atoms with van der Waals surface area (Å²) in [5.74, 6) is 0.365. The Hall–Kier alpha value is -0.890. The van der Waals surface area contributed by atoms with Crippen LogP contribution in [0.15, 0.2) is 29.3 Å². The average molecular weight is 406 g/mol. The molecule has 1 aliphatic rings. The normalized spacial score (nSPS) is 16.5. The molecule has 0 aliphatic heterocycles. The van der Waals surface area contributed by atoms with Crippen molar-refractivity contribution < 1.29 is 4.39 Å². The molecule has 118 valence electrons. The molecule has 0 saturated heterocycles. The molecule has 0 amide bonds. The van der Waals surface area contributed by atoms with E-state index in [1.165, 1.54) is 25.0 Å². The summed E-state index contributed by atoms with van der Waals surface area (Å²) in [5.41, 5.74) is 7.05. The van der Waals surface area contributed by atoms with E-state index in [0.717, 1.165) is 5.56 Å². The molecule has 1 atom stereocenters. The molecule has 1 saturated carbocycles. The van der Waals surface area contributed by atoms with Gasteiger partial charge in [-0.1, -0.05) is 12.1 Å². The summed E-state index contributed by atoms with van der Waals surface area (Å²) in [5, 5.41) is 0. The highest BCUT2D eigenvalue weighted by Crippen LogP contribution is 2.25. The standard InChI is InChI=1S/C15H23FN4.HI/c1-19(2)14(11-4-6-12(16)7-5-11)10-18-15(17)20(3)13-8-9-13;/h4-7,13-14H,8-10H2,1-3H3,(H2,17,18);1H. The first kappa shape index (κ1) is 18.2. The summed E-state index contributed by atoms with van der Waals surface area (Å²) in [7, 11) is 5.97. The number of benzene rings is 1. The van der Waals surface area contributed by atoms with Crippen LogP contribution < -0.4 is 5.73 Å². The van der Waals surface area contributed by atoms with Crippen molar-refractivity contribution in [3.63, 3.8) is 0 Å². The topological polar surface area (TPSA) is 44.9 Å². The molecule has 2 N–H and O–H groups in total. The monoisotopic (exact) mass is 406 g/mol. The van der Waals surface area contributed by atoms with Gasteiger partial charge < -0.3 is 15.5 Å². The van der Waals surface area contributed by atoms with Gasteiger partial charge in [-0.05, 0) is 44.6 Å². The van der Waals surface area contributed by atoms with Crippen LogP contribution in [0.2, 0.25) is 0 Å². The zero-order valence-corrected chi connectivity index (χ0v) is 15.1. The first-order chi connectivity index (χ1) is 9.49. The highest BCUT2D eigenvalue weighted by molar-refractivity contribution is 14.0. The smallest absolute Gasteiger partial charge is 0.191 e. The lowest BCUT2D eigenvalue weighted by atomic mass is 10.1. The number of aliphatic imine (C=N–C) groups is 1. The largest absolute Gasteiger partial charge is 0.370 e. The van der Waals surface area contributed by atoms with Crippen LogP contribution in [0.1, 0.15) is 24.4 Å². The summed E-state index contributed by atoms with van der Waals surface area (Å²) in [6.45, 7) is 0.571. The van der Waals surface area contributed by atoms with Gasteiger partial charge in [-0.25, -0.2) is 4.39 Å². The summed E-state index contributed by atoms with van der Waals surface area (Å²) in [6, 6.07) is 7.22. The van der Waals surface area contributed by atoms with Crippen LogP contribution in [-0.4, -0.2) is 49.5 Å². The fraction of sp³-hybridized carbons (Fsp3) is 0.533. The van der Waals surface area contributed by atoms with E-state index in [1.54, 1.807) is 12.1 Å². The minimum absolute atomic E-state index is 0. The number of nitrogens with two attached hydrogens (primary N) is 1. The van der Waals surface area contributed by atoms with E-state index in [-0.39, 0.29) is 35.8 Å². The average Bonchev–Trinajstić information content (AvgIpc) is 3.24. The number of likely N-dealkylation sites (N-methyl/N-ethyl adjacent to an activating group) is 1. The molecule has 0 aromatic heterocycles. The second-order valence-electron chi connectivity index (χ2n) is 5.57. The van der Waals surface area contributed by atoms with Crippen LogP contribution >= 0.6 is 24.0 Å². The predicted molar refractivity (Wildman–Crippen MR) is 95.5 cm³/mol. The second kappa shape index (κ2) is 7.93. The van der Waals surface area contributed by atoms with Crippen molar-refractivity contribution in [1.29, 1.82) is 0 Å². The van der Waals surface area contributed by atoms with Gasteiger partial charge in [-0.3, -0.25) is 4.99 Å². The summed E-state index contributed by atoms with van der Waals surface area (Å²) >= 11 is 0. The van der Waals surface area contributed by atoms with Gasteiger partial charge in [-0.15, -0.1) is 24.0 Å². The molecule has 1 unspecified atom stereocenters. The van der Waals surface area contributed by atoms with Crippen molar-refractivity contribution in [3.05, 3.63) is 35.6 Å². The fourth-order valence-corrected chi connectivity index (χ4v) is 2.19. The van der Waals surface area contributed by atoms with Gasteiger partial charge in [0.15, 0.2) is 5.96 Å². The molecule has 4 nitrogen and oxygen atoms in total. The van der Waals surface area contributed by atoms with E-state index in [4.69, 9.17) is 5.73 Å². The van der Waals surface area contributed by atoms with Gasteiger partial charge in [0, 0.05) is 13.1 Å². The van der Waals surface area contributed by atoms with E-state index in [1.807, 2.05) is 26.0 Å². The van der Waals surface area contributed by atoms with Crippen molar-refractivity contribution in [2.24, 2.45) is 10.7 Å². The molecule has 1 aromatic rings. The van der Waals surface area contributed by atoms with Gasteiger partial charge in [0.05, 0.1) is 12.6 Å². The minimum atomic E-state index is -0.220. The molecule has 0 heterocycles. The van der Waals surface area contributed by atoms with E-state index < -0.39 is 0 Å². The van der Waals surface area contributed by atoms with Crippen LogP contribution in [0.5, 0.6) is 0 Å². The number of rotatable bonds is 5. The lowest BCUT2D eigenvalue weighted by Gasteiger charge is -2.24. The van der Waals surface area contributed by atoms with Crippen molar-refractivity contribution in [2.75, 3.05) is 27.7 Å². The maximum absolute atomic E-state index is 13.0. The molecule has 21 heavy (non-hydrogen) atoms. The molecule has 0 spiro atoms. The third-order valence-corrected chi connectivity index (χ3v) is 3.76. The summed E-state index contributed by atoms with van der Waals surface area (Å²) in [6.07, 6.45) is 2.39. The van der Waals surface area contributed by atoms with Gasteiger partial charge in [0.1, 0.15) is 5.82 Å². The van der Waals surface area contributed by atoms with Crippen molar-refractivity contribution in [2.45, 2.75) is 24.9 Å². The molecular weight excluding hydrogens is 382 g/mol. The van der Waals surface area contributed by atoms with Crippen molar-refractivity contribution in [3.8, 4) is 0 Å². The Bertz CT molecular complexity index is 471. The minimum Gasteiger partial charge on any atom is -0.370 e. The Balaban J connectivity index is 0.00000220. The summed E-state index contributed by atoms with van der Waals surface area (Å²) < 4.78 is 13.0. The summed E-state index contributed by atoms with van der Waals surface area (Å²) in [4.78, 5) is 8.60. The number of halogens is 2. The Labute approximate surface area is 143 Å². The SMILES string of the molecule is CN(C)C(CN=C(N)N(C)C1CC1)c1ccc(F)cc1.I. The zero-order valence-electron chi connectivity index (χ0n) is 12.8. The second-order valence-corrected chi connectivity index (χ2v) is 5.57. The first-order valence-electron chi connectivity index (χ1n) is 6.93. The predicted octanol–water partition coefficient (Wildman–Crippen LogP) is 2.46. The third-order valence-electron chi connectivity index (χ3n) is 3.76. The third kappa shape index (κ3) is 5.10. The quantitative estimate of drug-likeness (QED) is 0.464. The van der Waals surface area contributed by atoms with Crippen LogP contribution in [0.25, 0.3) is 0 Å². The van der Waals surface area contributed by atoms with E-state index >= 15 is 0 Å². The molecule has 1 aliphatic carbocycles. The molecule has 0 radical (unpaired) electrons. The number of guanidine groups is 1. The Morgan fingerprint density at radius 2 is 1.86 bits per heavy atom. The Kier molecular flexibility index (Phi) is 6.86. The van der Waals surface area contributed by atoms with Gasteiger partial charge in [-0.2, -0.15) is 0 Å².